The van der Waals surface area contributed by atoms with Crippen molar-refractivity contribution in [1.82, 2.24) is 15.0 Å². The van der Waals surface area contributed by atoms with E-state index in [1.54, 1.807) is 0 Å². The number of anilines is 2. The SMILES string of the molecule is CCNc1nc(NCC2CCS(=O)(=O)C2)nc(OCC)n1. The van der Waals surface area contributed by atoms with Gasteiger partial charge in [-0.1, -0.05) is 0 Å². The first-order chi connectivity index (χ1) is 10.0. The number of nitrogens with zero attached hydrogens (tertiary/aromatic N) is 3. The maximum Gasteiger partial charge on any atom is 0.323 e. The number of ether oxygens (including phenoxy) is 1. The van der Waals surface area contributed by atoms with Crippen LogP contribution in [0.1, 0.15) is 20.3 Å². The quantitative estimate of drug-likeness (QED) is 0.751. The molecule has 21 heavy (non-hydrogen) atoms. The van der Waals surface area contributed by atoms with Crippen molar-refractivity contribution in [3.05, 3.63) is 0 Å². The van der Waals surface area contributed by atoms with Crippen molar-refractivity contribution < 1.29 is 13.2 Å². The summed E-state index contributed by atoms with van der Waals surface area (Å²) in [6.45, 7) is 5.49. The minimum atomic E-state index is -2.86. The second-order valence-electron chi connectivity index (χ2n) is 4.88. The highest BCUT2D eigenvalue weighted by atomic mass is 32.2. The molecule has 1 aliphatic rings. The minimum absolute atomic E-state index is 0.102. The summed E-state index contributed by atoms with van der Waals surface area (Å²) >= 11 is 0. The highest BCUT2D eigenvalue weighted by Gasteiger charge is 2.27. The Labute approximate surface area is 124 Å². The van der Waals surface area contributed by atoms with Gasteiger partial charge in [0, 0.05) is 13.1 Å². The van der Waals surface area contributed by atoms with E-state index in [4.69, 9.17) is 4.74 Å². The van der Waals surface area contributed by atoms with E-state index in [-0.39, 0.29) is 23.4 Å². The smallest absolute Gasteiger partial charge is 0.323 e. The Morgan fingerprint density at radius 1 is 1.19 bits per heavy atom. The van der Waals surface area contributed by atoms with E-state index in [0.717, 1.165) is 0 Å². The molecule has 1 unspecified atom stereocenters. The van der Waals surface area contributed by atoms with E-state index in [1.165, 1.54) is 0 Å². The molecule has 0 radical (unpaired) electrons. The Morgan fingerprint density at radius 3 is 2.48 bits per heavy atom. The van der Waals surface area contributed by atoms with Crippen molar-refractivity contribution >= 4 is 21.7 Å². The van der Waals surface area contributed by atoms with Crippen LogP contribution in [-0.2, 0) is 9.84 Å². The Bertz CT molecular complexity index is 554. The van der Waals surface area contributed by atoms with Crippen LogP contribution in [0.3, 0.4) is 0 Å². The molecule has 2 N–H and O–H groups in total. The average Bonchev–Trinajstić information content (AvgIpc) is 2.77. The predicted octanol–water partition coefficient (Wildman–Crippen LogP) is 0.549. The second-order valence-corrected chi connectivity index (χ2v) is 7.11. The largest absolute Gasteiger partial charge is 0.464 e. The summed E-state index contributed by atoms with van der Waals surface area (Å²) in [6, 6.07) is 0.255. The van der Waals surface area contributed by atoms with Crippen molar-refractivity contribution in [1.29, 1.82) is 0 Å². The Hall–Kier alpha value is -1.64. The zero-order valence-corrected chi connectivity index (χ0v) is 13.1. The van der Waals surface area contributed by atoms with Gasteiger partial charge in [0.05, 0.1) is 18.1 Å². The molecule has 1 atom stereocenters. The summed E-state index contributed by atoms with van der Waals surface area (Å²) in [6.07, 6.45) is 0.679. The number of rotatable bonds is 7. The molecule has 1 aliphatic heterocycles. The lowest BCUT2D eigenvalue weighted by Crippen LogP contribution is -2.18. The van der Waals surface area contributed by atoms with Gasteiger partial charge in [0.25, 0.3) is 0 Å². The third-order valence-corrected chi connectivity index (χ3v) is 4.94. The number of hydrogen-bond donors (Lipinski definition) is 2. The van der Waals surface area contributed by atoms with E-state index < -0.39 is 9.84 Å². The van der Waals surface area contributed by atoms with Gasteiger partial charge in [-0.15, -0.1) is 0 Å². The highest BCUT2D eigenvalue weighted by Crippen LogP contribution is 2.19. The Morgan fingerprint density at radius 2 is 1.90 bits per heavy atom. The summed E-state index contributed by atoms with van der Waals surface area (Å²) in [5.41, 5.74) is 0. The van der Waals surface area contributed by atoms with Crippen molar-refractivity contribution in [3.63, 3.8) is 0 Å². The number of hydrogen-bond acceptors (Lipinski definition) is 8. The van der Waals surface area contributed by atoms with Crippen molar-refractivity contribution in [2.45, 2.75) is 20.3 Å². The van der Waals surface area contributed by atoms with Gasteiger partial charge in [-0.2, -0.15) is 15.0 Å². The van der Waals surface area contributed by atoms with Crippen LogP contribution in [0.4, 0.5) is 11.9 Å². The predicted molar refractivity (Wildman–Crippen MR) is 80.4 cm³/mol. The van der Waals surface area contributed by atoms with Gasteiger partial charge in [-0.25, -0.2) is 8.42 Å². The maximum atomic E-state index is 11.4. The molecule has 2 rings (SSSR count). The Balaban J connectivity index is 2.01. The molecule has 1 aromatic rings. The van der Waals surface area contributed by atoms with Crippen LogP contribution in [-0.4, -0.2) is 54.6 Å². The molecule has 2 heterocycles. The normalized spacial score (nSPS) is 20.2. The molecule has 0 aliphatic carbocycles. The first kappa shape index (κ1) is 15.7. The second kappa shape index (κ2) is 6.88. The van der Waals surface area contributed by atoms with Crippen molar-refractivity contribution in [2.24, 2.45) is 5.92 Å². The molecule has 0 spiro atoms. The molecule has 0 aromatic carbocycles. The van der Waals surface area contributed by atoms with E-state index in [9.17, 15) is 8.42 Å². The van der Waals surface area contributed by atoms with Crippen molar-refractivity contribution in [2.75, 3.05) is 41.8 Å². The van der Waals surface area contributed by atoms with Gasteiger partial charge in [0.2, 0.25) is 11.9 Å². The van der Waals surface area contributed by atoms with Crippen LogP contribution < -0.4 is 15.4 Å². The van der Waals surface area contributed by atoms with Crippen LogP contribution in [0.25, 0.3) is 0 Å². The summed E-state index contributed by atoms with van der Waals surface area (Å²) in [5.74, 6) is 1.43. The third kappa shape index (κ3) is 4.69. The molecule has 9 heteroatoms. The summed E-state index contributed by atoms with van der Waals surface area (Å²) < 4.78 is 28.2. The van der Waals surface area contributed by atoms with Crippen molar-refractivity contribution in [3.8, 4) is 6.01 Å². The highest BCUT2D eigenvalue weighted by molar-refractivity contribution is 7.91. The lowest BCUT2D eigenvalue weighted by atomic mass is 10.1. The fourth-order valence-electron chi connectivity index (χ4n) is 2.13. The van der Waals surface area contributed by atoms with E-state index in [2.05, 4.69) is 25.6 Å². The standard InChI is InChI=1S/C12H21N5O3S/c1-3-13-10-15-11(17-12(16-10)20-4-2)14-7-9-5-6-21(18,19)8-9/h9H,3-8H2,1-2H3,(H2,13,14,15,16,17). The fourth-order valence-corrected chi connectivity index (χ4v) is 4.00. The fraction of sp³-hybridized carbons (Fsp3) is 0.750. The van der Waals surface area contributed by atoms with Crippen LogP contribution in [0.15, 0.2) is 0 Å². The first-order valence-corrected chi connectivity index (χ1v) is 8.91. The zero-order valence-electron chi connectivity index (χ0n) is 12.3. The topological polar surface area (TPSA) is 106 Å². The van der Waals surface area contributed by atoms with Crippen LogP contribution >= 0.6 is 0 Å². The maximum absolute atomic E-state index is 11.4. The summed E-state index contributed by atoms with van der Waals surface area (Å²) in [4.78, 5) is 12.5. The Kier molecular flexibility index (Phi) is 5.16. The summed E-state index contributed by atoms with van der Waals surface area (Å²) in [5, 5.41) is 6.08. The van der Waals surface area contributed by atoms with Gasteiger partial charge in [-0.05, 0) is 26.2 Å². The van der Waals surface area contributed by atoms with E-state index in [0.29, 0.717) is 38.0 Å². The molecule has 118 valence electrons. The monoisotopic (exact) mass is 315 g/mol. The lowest BCUT2D eigenvalue weighted by Gasteiger charge is -2.11. The van der Waals surface area contributed by atoms with Gasteiger partial charge < -0.3 is 15.4 Å². The van der Waals surface area contributed by atoms with Crippen LogP contribution in [0.5, 0.6) is 6.01 Å². The molecule has 8 nitrogen and oxygen atoms in total. The minimum Gasteiger partial charge on any atom is -0.464 e. The zero-order chi connectivity index (χ0) is 15.3. The molecule has 0 bridgehead atoms. The molecule has 1 fully saturated rings. The molecular formula is C12H21N5O3S. The first-order valence-electron chi connectivity index (χ1n) is 7.09. The molecule has 1 saturated heterocycles. The number of sulfone groups is 1. The molecule has 0 amide bonds. The lowest BCUT2D eigenvalue weighted by molar-refractivity contribution is 0.312. The van der Waals surface area contributed by atoms with E-state index in [1.807, 2.05) is 13.8 Å². The average molecular weight is 315 g/mol. The molecular weight excluding hydrogens is 294 g/mol. The number of nitrogens with one attached hydrogen (secondary N) is 2. The molecule has 0 saturated carbocycles. The third-order valence-electron chi connectivity index (χ3n) is 3.10. The van der Waals surface area contributed by atoms with Gasteiger partial charge in [0.1, 0.15) is 0 Å². The van der Waals surface area contributed by atoms with E-state index >= 15 is 0 Å². The van der Waals surface area contributed by atoms with Crippen LogP contribution in [0, 0.1) is 5.92 Å². The van der Waals surface area contributed by atoms with Gasteiger partial charge in [-0.3, -0.25) is 0 Å². The number of aromatic nitrogens is 3. The van der Waals surface area contributed by atoms with Crippen LogP contribution in [0.2, 0.25) is 0 Å². The van der Waals surface area contributed by atoms with Gasteiger partial charge >= 0.3 is 6.01 Å². The molecule has 1 aromatic heterocycles. The summed E-state index contributed by atoms with van der Waals surface area (Å²) in [7, 11) is -2.86. The van der Waals surface area contributed by atoms with Gasteiger partial charge in [0.15, 0.2) is 9.84 Å².